The SMILES string of the molecule is Cc1ccc(CNC(=O)Cn2ncc3c(c2=O)N(CC2CC2)C(=O)CS3)cc1. The summed E-state index contributed by atoms with van der Waals surface area (Å²) in [6.45, 7) is 2.80. The van der Waals surface area contributed by atoms with Gasteiger partial charge in [0.25, 0.3) is 5.56 Å². The van der Waals surface area contributed by atoms with Gasteiger partial charge >= 0.3 is 0 Å². The molecule has 1 aromatic carbocycles. The highest BCUT2D eigenvalue weighted by atomic mass is 32.2. The Morgan fingerprint density at radius 1 is 1.25 bits per heavy atom. The lowest BCUT2D eigenvalue weighted by molar-refractivity contribution is -0.122. The number of hydrogen-bond donors (Lipinski definition) is 1. The van der Waals surface area contributed by atoms with Crippen molar-refractivity contribution in [2.45, 2.75) is 37.8 Å². The van der Waals surface area contributed by atoms with Gasteiger partial charge in [-0.25, -0.2) is 4.68 Å². The molecular weight excluding hydrogens is 376 g/mol. The van der Waals surface area contributed by atoms with E-state index in [-0.39, 0.29) is 23.9 Å². The summed E-state index contributed by atoms with van der Waals surface area (Å²) in [5.74, 6) is 0.447. The number of carbonyl (C=O) groups excluding carboxylic acids is 2. The van der Waals surface area contributed by atoms with E-state index in [9.17, 15) is 14.4 Å². The monoisotopic (exact) mass is 398 g/mol. The predicted molar refractivity (Wildman–Crippen MR) is 107 cm³/mol. The summed E-state index contributed by atoms with van der Waals surface area (Å²) in [5.41, 5.74) is 2.13. The summed E-state index contributed by atoms with van der Waals surface area (Å²) >= 11 is 1.33. The van der Waals surface area contributed by atoms with Gasteiger partial charge in [0.2, 0.25) is 11.8 Å². The van der Waals surface area contributed by atoms with Crippen LogP contribution in [0.2, 0.25) is 0 Å². The summed E-state index contributed by atoms with van der Waals surface area (Å²) < 4.78 is 1.14. The molecule has 1 fully saturated rings. The molecular formula is C20H22N4O3S. The fourth-order valence-corrected chi connectivity index (χ4v) is 4.01. The molecule has 8 heteroatoms. The lowest BCUT2D eigenvalue weighted by Gasteiger charge is -2.28. The number of fused-ring (bicyclic) bond motifs is 1. The van der Waals surface area contributed by atoms with Crippen molar-refractivity contribution in [3.63, 3.8) is 0 Å². The molecule has 4 rings (SSSR count). The average molecular weight is 398 g/mol. The Bertz CT molecular complexity index is 966. The van der Waals surface area contributed by atoms with Crippen molar-refractivity contribution in [1.29, 1.82) is 0 Å². The normalized spacial score (nSPS) is 16.0. The van der Waals surface area contributed by atoms with Crippen molar-refractivity contribution in [1.82, 2.24) is 15.1 Å². The molecule has 0 bridgehead atoms. The van der Waals surface area contributed by atoms with E-state index in [1.165, 1.54) is 11.8 Å². The molecule has 1 N–H and O–H groups in total. The number of rotatable bonds is 6. The lowest BCUT2D eigenvalue weighted by atomic mass is 10.1. The number of amides is 2. The number of aromatic nitrogens is 2. The molecule has 0 radical (unpaired) electrons. The van der Waals surface area contributed by atoms with Gasteiger partial charge in [-0.05, 0) is 31.2 Å². The van der Waals surface area contributed by atoms with Crippen molar-refractivity contribution in [3.8, 4) is 0 Å². The summed E-state index contributed by atoms with van der Waals surface area (Å²) in [7, 11) is 0. The zero-order chi connectivity index (χ0) is 19.7. The van der Waals surface area contributed by atoms with Gasteiger partial charge in [-0.2, -0.15) is 5.10 Å². The molecule has 2 amide bonds. The molecule has 0 unspecified atom stereocenters. The van der Waals surface area contributed by atoms with Crippen LogP contribution in [0, 0.1) is 12.8 Å². The Morgan fingerprint density at radius 2 is 2.00 bits per heavy atom. The van der Waals surface area contributed by atoms with Gasteiger partial charge in [-0.1, -0.05) is 29.8 Å². The first kappa shape index (κ1) is 18.7. The smallest absolute Gasteiger partial charge is 0.292 e. The van der Waals surface area contributed by atoms with E-state index in [2.05, 4.69) is 10.4 Å². The second-order valence-electron chi connectivity index (χ2n) is 7.32. The highest BCUT2D eigenvalue weighted by molar-refractivity contribution is 8.00. The second kappa shape index (κ2) is 7.79. The molecule has 7 nitrogen and oxygen atoms in total. The Hall–Kier alpha value is -2.61. The zero-order valence-corrected chi connectivity index (χ0v) is 16.5. The van der Waals surface area contributed by atoms with Gasteiger partial charge in [0.15, 0.2) is 0 Å². The van der Waals surface area contributed by atoms with Crippen LogP contribution in [0.25, 0.3) is 0 Å². The van der Waals surface area contributed by atoms with Crippen LogP contribution in [-0.2, 0) is 22.7 Å². The largest absolute Gasteiger partial charge is 0.350 e. The first-order chi connectivity index (χ1) is 13.5. The number of benzene rings is 1. The summed E-state index contributed by atoms with van der Waals surface area (Å²) in [5, 5.41) is 6.95. The minimum Gasteiger partial charge on any atom is -0.350 e. The van der Waals surface area contributed by atoms with E-state index in [4.69, 9.17) is 0 Å². The van der Waals surface area contributed by atoms with Crippen molar-refractivity contribution in [2.75, 3.05) is 17.2 Å². The van der Waals surface area contributed by atoms with Crippen LogP contribution in [0.1, 0.15) is 24.0 Å². The van der Waals surface area contributed by atoms with E-state index < -0.39 is 0 Å². The van der Waals surface area contributed by atoms with Gasteiger partial charge in [-0.3, -0.25) is 14.4 Å². The lowest BCUT2D eigenvalue weighted by Crippen LogP contribution is -2.43. The minimum absolute atomic E-state index is 0.0527. The van der Waals surface area contributed by atoms with E-state index >= 15 is 0 Å². The molecule has 1 aliphatic carbocycles. The Balaban J connectivity index is 1.48. The number of nitrogens with zero attached hydrogens (tertiary/aromatic N) is 3. The second-order valence-corrected chi connectivity index (χ2v) is 8.34. The van der Waals surface area contributed by atoms with Gasteiger partial charge in [0.05, 0.1) is 16.8 Å². The maximum absolute atomic E-state index is 12.9. The van der Waals surface area contributed by atoms with Crippen LogP contribution < -0.4 is 15.8 Å². The van der Waals surface area contributed by atoms with E-state index in [1.807, 2.05) is 31.2 Å². The summed E-state index contributed by atoms with van der Waals surface area (Å²) in [4.78, 5) is 39.9. The molecule has 1 aromatic heterocycles. The van der Waals surface area contributed by atoms with Crippen molar-refractivity contribution >= 4 is 29.3 Å². The number of carbonyl (C=O) groups is 2. The van der Waals surface area contributed by atoms with Crippen LogP contribution in [0.4, 0.5) is 5.69 Å². The van der Waals surface area contributed by atoms with E-state index in [0.29, 0.717) is 35.3 Å². The first-order valence-electron chi connectivity index (χ1n) is 9.37. The molecule has 0 saturated heterocycles. The van der Waals surface area contributed by atoms with E-state index in [0.717, 1.165) is 28.7 Å². The van der Waals surface area contributed by atoms with Crippen LogP contribution in [0.15, 0.2) is 40.2 Å². The van der Waals surface area contributed by atoms with Crippen LogP contribution in [0.3, 0.4) is 0 Å². The van der Waals surface area contributed by atoms with Gasteiger partial charge < -0.3 is 10.2 Å². The number of anilines is 1. The highest BCUT2D eigenvalue weighted by Gasteiger charge is 2.33. The van der Waals surface area contributed by atoms with Crippen molar-refractivity contribution in [2.24, 2.45) is 5.92 Å². The van der Waals surface area contributed by atoms with Crippen molar-refractivity contribution in [3.05, 3.63) is 51.9 Å². The number of thioether (sulfide) groups is 1. The molecule has 1 aliphatic heterocycles. The third-order valence-electron chi connectivity index (χ3n) is 4.95. The Kier molecular flexibility index (Phi) is 5.21. The zero-order valence-electron chi connectivity index (χ0n) is 15.7. The molecule has 0 atom stereocenters. The predicted octanol–water partition coefficient (Wildman–Crippen LogP) is 1.72. The molecule has 1 saturated carbocycles. The maximum Gasteiger partial charge on any atom is 0.292 e. The molecule has 28 heavy (non-hydrogen) atoms. The summed E-state index contributed by atoms with van der Waals surface area (Å²) in [6.07, 6.45) is 3.76. The first-order valence-corrected chi connectivity index (χ1v) is 10.4. The standard InChI is InChI=1S/C20H22N4O3S/c1-13-2-4-14(5-3-13)8-21-17(25)11-24-20(27)19-16(9-22-24)28-12-18(26)23(19)10-15-6-7-15/h2-5,9,15H,6-8,10-12H2,1H3,(H,21,25). The van der Waals surface area contributed by atoms with Crippen molar-refractivity contribution < 1.29 is 9.59 Å². The fraction of sp³-hybridized carbons (Fsp3) is 0.400. The maximum atomic E-state index is 12.9. The highest BCUT2D eigenvalue weighted by Crippen LogP contribution is 2.36. The fourth-order valence-electron chi connectivity index (χ4n) is 3.12. The third kappa shape index (κ3) is 4.11. The third-order valence-corrected chi connectivity index (χ3v) is 5.95. The number of aryl methyl sites for hydroxylation is 1. The van der Waals surface area contributed by atoms with Gasteiger partial charge in [-0.15, -0.1) is 11.8 Å². The molecule has 0 spiro atoms. The van der Waals surface area contributed by atoms with E-state index in [1.54, 1.807) is 11.1 Å². The van der Waals surface area contributed by atoms with Crippen LogP contribution in [-0.4, -0.2) is 33.9 Å². The molecule has 2 aliphatic rings. The number of nitrogens with one attached hydrogen (secondary N) is 1. The quantitative estimate of drug-likeness (QED) is 0.801. The topological polar surface area (TPSA) is 84.3 Å². The molecule has 146 valence electrons. The Labute approximate surface area is 167 Å². The average Bonchev–Trinajstić information content (AvgIpc) is 3.50. The van der Waals surface area contributed by atoms with Crippen LogP contribution >= 0.6 is 11.8 Å². The van der Waals surface area contributed by atoms with Gasteiger partial charge in [0.1, 0.15) is 12.2 Å². The molecule has 2 heterocycles. The minimum atomic E-state index is -0.385. The number of hydrogen-bond acceptors (Lipinski definition) is 5. The van der Waals surface area contributed by atoms with Crippen LogP contribution in [0.5, 0.6) is 0 Å². The molecule has 2 aromatic rings. The Morgan fingerprint density at radius 3 is 2.71 bits per heavy atom. The summed E-state index contributed by atoms with van der Waals surface area (Å²) in [6, 6.07) is 7.88. The van der Waals surface area contributed by atoms with Gasteiger partial charge in [0, 0.05) is 13.1 Å².